The SMILES string of the molecule is CCOC(=O)c1cccc(C(F)(F)F)c1C(=O)CCCl. The lowest BCUT2D eigenvalue weighted by molar-refractivity contribution is -0.137. The van der Waals surface area contributed by atoms with Crippen LogP contribution in [0.4, 0.5) is 13.2 Å². The fourth-order valence-electron chi connectivity index (χ4n) is 1.68. The summed E-state index contributed by atoms with van der Waals surface area (Å²) in [4.78, 5) is 23.5. The minimum absolute atomic E-state index is 0.00177. The molecular weight excluding hydrogens is 297 g/mol. The van der Waals surface area contributed by atoms with Gasteiger partial charge in [-0.05, 0) is 19.1 Å². The van der Waals surface area contributed by atoms with E-state index in [0.29, 0.717) is 0 Å². The molecule has 7 heteroatoms. The van der Waals surface area contributed by atoms with Crippen molar-refractivity contribution in [2.75, 3.05) is 12.5 Å². The van der Waals surface area contributed by atoms with E-state index in [4.69, 9.17) is 11.6 Å². The Bertz CT molecular complexity index is 512. The largest absolute Gasteiger partial charge is 0.462 e. The molecule has 20 heavy (non-hydrogen) atoms. The van der Waals surface area contributed by atoms with Crippen LogP contribution in [0, 0.1) is 0 Å². The normalized spacial score (nSPS) is 11.2. The summed E-state index contributed by atoms with van der Waals surface area (Å²) in [5.41, 5.74) is -2.23. The minimum Gasteiger partial charge on any atom is -0.462 e. The Morgan fingerprint density at radius 3 is 2.45 bits per heavy atom. The van der Waals surface area contributed by atoms with E-state index < -0.39 is 34.6 Å². The Morgan fingerprint density at radius 1 is 1.30 bits per heavy atom. The highest BCUT2D eigenvalue weighted by molar-refractivity contribution is 6.20. The van der Waals surface area contributed by atoms with E-state index in [2.05, 4.69) is 4.74 Å². The predicted octanol–water partition coefficient (Wildman–Crippen LogP) is 3.69. The van der Waals surface area contributed by atoms with E-state index in [1.54, 1.807) is 0 Å². The van der Waals surface area contributed by atoms with Gasteiger partial charge in [-0.3, -0.25) is 4.79 Å². The van der Waals surface area contributed by atoms with E-state index in [9.17, 15) is 22.8 Å². The Balaban J connectivity index is 3.44. The van der Waals surface area contributed by atoms with Gasteiger partial charge in [-0.2, -0.15) is 13.2 Å². The lowest BCUT2D eigenvalue weighted by atomic mass is 9.95. The van der Waals surface area contributed by atoms with Gasteiger partial charge < -0.3 is 4.74 Å². The van der Waals surface area contributed by atoms with Crippen molar-refractivity contribution in [3.63, 3.8) is 0 Å². The van der Waals surface area contributed by atoms with Gasteiger partial charge in [0.15, 0.2) is 5.78 Å². The van der Waals surface area contributed by atoms with Crippen LogP contribution in [0.15, 0.2) is 18.2 Å². The van der Waals surface area contributed by atoms with E-state index >= 15 is 0 Å². The third kappa shape index (κ3) is 3.72. The molecule has 0 aromatic heterocycles. The van der Waals surface area contributed by atoms with Crippen molar-refractivity contribution in [1.82, 2.24) is 0 Å². The molecule has 0 saturated heterocycles. The van der Waals surface area contributed by atoms with Gasteiger partial charge in [0.2, 0.25) is 0 Å². The molecule has 3 nitrogen and oxygen atoms in total. The molecular formula is C13H12ClF3O3. The number of ether oxygens (including phenoxy) is 1. The molecule has 0 aliphatic carbocycles. The first kappa shape index (κ1) is 16.5. The first-order valence-corrected chi connectivity index (χ1v) is 6.32. The molecule has 0 bridgehead atoms. The number of hydrogen-bond acceptors (Lipinski definition) is 3. The maximum absolute atomic E-state index is 12.9. The quantitative estimate of drug-likeness (QED) is 0.473. The lowest BCUT2D eigenvalue weighted by Crippen LogP contribution is -2.19. The maximum Gasteiger partial charge on any atom is 0.417 e. The van der Waals surface area contributed by atoms with Crippen molar-refractivity contribution < 1.29 is 27.5 Å². The predicted molar refractivity (Wildman–Crippen MR) is 67.1 cm³/mol. The number of hydrogen-bond donors (Lipinski definition) is 0. The van der Waals surface area contributed by atoms with E-state index in [1.165, 1.54) is 6.92 Å². The zero-order valence-corrected chi connectivity index (χ0v) is 11.3. The van der Waals surface area contributed by atoms with Crippen LogP contribution in [0.1, 0.15) is 39.6 Å². The van der Waals surface area contributed by atoms with E-state index in [1.807, 2.05) is 0 Å². The zero-order chi connectivity index (χ0) is 15.3. The molecule has 0 aliphatic rings. The molecule has 0 radical (unpaired) electrons. The highest BCUT2D eigenvalue weighted by Crippen LogP contribution is 2.34. The molecule has 0 fully saturated rings. The second-order valence-corrected chi connectivity index (χ2v) is 4.19. The fourth-order valence-corrected chi connectivity index (χ4v) is 1.85. The highest BCUT2D eigenvalue weighted by Gasteiger charge is 2.37. The second-order valence-electron chi connectivity index (χ2n) is 3.81. The summed E-state index contributed by atoms with van der Waals surface area (Å²) in [6, 6.07) is 2.95. The van der Waals surface area contributed by atoms with Crippen molar-refractivity contribution in [3.05, 3.63) is 34.9 Å². The minimum atomic E-state index is -4.74. The Kier molecular flexibility index (Phi) is 5.56. The molecule has 0 atom stereocenters. The number of ketones is 1. The van der Waals surface area contributed by atoms with Gasteiger partial charge in [0.05, 0.1) is 17.7 Å². The van der Waals surface area contributed by atoms with Crippen LogP contribution < -0.4 is 0 Å². The molecule has 1 aromatic carbocycles. The number of Topliss-reactive ketones (excluding diaryl/α,β-unsaturated/α-hetero) is 1. The second kappa shape index (κ2) is 6.74. The third-order valence-electron chi connectivity index (χ3n) is 2.47. The molecule has 1 rings (SSSR count). The first-order chi connectivity index (χ1) is 9.32. The molecule has 0 amide bonds. The van der Waals surface area contributed by atoms with E-state index in [-0.39, 0.29) is 18.9 Å². The Hall–Kier alpha value is -1.56. The highest BCUT2D eigenvalue weighted by atomic mass is 35.5. The maximum atomic E-state index is 12.9. The van der Waals surface area contributed by atoms with Crippen molar-refractivity contribution in [2.24, 2.45) is 0 Å². The number of esters is 1. The van der Waals surface area contributed by atoms with Crippen LogP contribution in [0.2, 0.25) is 0 Å². The molecule has 0 spiro atoms. The van der Waals surface area contributed by atoms with Crippen molar-refractivity contribution in [2.45, 2.75) is 19.5 Å². The smallest absolute Gasteiger partial charge is 0.417 e. The van der Waals surface area contributed by atoms with Crippen molar-refractivity contribution in [1.29, 1.82) is 0 Å². The molecule has 0 saturated carbocycles. The summed E-state index contributed by atoms with van der Waals surface area (Å²) < 4.78 is 43.5. The first-order valence-electron chi connectivity index (χ1n) is 5.79. The summed E-state index contributed by atoms with van der Waals surface area (Å²) >= 11 is 5.39. The van der Waals surface area contributed by atoms with Gasteiger partial charge in [-0.25, -0.2) is 4.79 Å². The summed E-state index contributed by atoms with van der Waals surface area (Å²) in [6.07, 6.45) is -5.03. The van der Waals surface area contributed by atoms with Gasteiger partial charge in [-0.1, -0.05) is 6.07 Å². The number of rotatable bonds is 5. The summed E-state index contributed by atoms with van der Waals surface area (Å²) in [5, 5.41) is 0. The number of halogens is 4. The standard InChI is InChI=1S/C13H12ClF3O3/c1-2-20-12(19)8-4-3-5-9(13(15,16)17)11(8)10(18)6-7-14/h3-5H,2,6-7H2,1H3. The fraction of sp³-hybridized carbons (Fsp3) is 0.385. The molecule has 0 aliphatic heterocycles. The van der Waals surface area contributed by atoms with Gasteiger partial charge >= 0.3 is 12.1 Å². The lowest BCUT2D eigenvalue weighted by Gasteiger charge is -2.15. The van der Waals surface area contributed by atoms with Gasteiger partial charge in [0.25, 0.3) is 0 Å². The summed E-state index contributed by atoms with van der Waals surface area (Å²) in [5.74, 6) is -1.93. The van der Waals surface area contributed by atoms with Gasteiger partial charge in [0, 0.05) is 17.9 Å². The molecule has 0 unspecified atom stereocenters. The number of carbonyl (C=O) groups is 2. The van der Waals surface area contributed by atoms with Crippen LogP contribution in [0.5, 0.6) is 0 Å². The van der Waals surface area contributed by atoms with Crippen LogP contribution >= 0.6 is 11.6 Å². The molecule has 0 N–H and O–H groups in total. The summed E-state index contributed by atoms with van der Waals surface area (Å²) in [6.45, 7) is 1.52. The number of benzene rings is 1. The number of alkyl halides is 4. The van der Waals surface area contributed by atoms with Crippen molar-refractivity contribution >= 4 is 23.4 Å². The van der Waals surface area contributed by atoms with Crippen LogP contribution in [0.25, 0.3) is 0 Å². The van der Waals surface area contributed by atoms with Crippen LogP contribution in [-0.2, 0) is 10.9 Å². The average molecular weight is 309 g/mol. The van der Waals surface area contributed by atoms with Gasteiger partial charge in [-0.15, -0.1) is 11.6 Å². The monoisotopic (exact) mass is 308 g/mol. The average Bonchev–Trinajstić information content (AvgIpc) is 2.37. The molecule has 0 heterocycles. The van der Waals surface area contributed by atoms with Crippen molar-refractivity contribution in [3.8, 4) is 0 Å². The van der Waals surface area contributed by atoms with Crippen LogP contribution in [-0.4, -0.2) is 24.2 Å². The van der Waals surface area contributed by atoms with E-state index in [0.717, 1.165) is 18.2 Å². The summed E-state index contributed by atoms with van der Waals surface area (Å²) in [7, 11) is 0. The molecule has 1 aromatic rings. The Morgan fingerprint density at radius 2 is 1.95 bits per heavy atom. The molecule has 110 valence electrons. The number of carbonyl (C=O) groups excluding carboxylic acids is 2. The third-order valence-corrected chi connectivity index (χ3v) is 2.65. The van der Waals surface area contributed by atoms with Gasteiger partial charge in [0.1, 0.15) is 0 Å². The van der Waals surface area contributed by atoms with Crippen LogP contribution in [0.3, 0.4) is 0 Å². The zero-order valence-electron chi connectivity index (χ0n) is 10.6. The topological polar surface area (TPSA) is 43.4 Å². The Labute approximate surface area is 118 Å².